The second-order valence-electron chi connectivity index (χ2n) is 4.57. The first-order chi connectivity index (χ1) is 9.43. The van der Waals surface area contributed by atoms with E-state index in [4.69, 9.17) is 28.9 Å². The van der Waals surface area contributed by atoms with Gasteiger partial charge in [-0.3, -0.25) is 0 Å². The summed E-state index contributed by atoms with van der Waals surface area (Å²) in [6.45, 7) is 2.32. The van der Waals surface area contributed by atoms with Crippen molar-refractivity contribution < 1.29 is 5.11 Å². The highest BCUT2D eigenvalue weighted by atomic mass is 79.9. The van der Waals surface area contributed by atoms with Crippen LogP contribution in [0.4, 0.5) is 0 Å². The van der Waals surface area contributed by atoms with Crippen molar-refractivity contribution in [1.82, 2.24) is 0 Å². The van der Waals surface area contributed by atoms with E-state index < -0.39 is 6.10 Å². The lowest BCUT2D eigenvalue weighted by atomic mass is 9.92. The summed E-state index contributed by atoms with van der Waals surface area (Å²) in [6, 6.07) is 7.31. The quantitative estimate of drug-likeness (QED) is 0.774. The molecule has 108 valence electrons. The lowest BCUT2D eigenvalue weighted by Crippen LogP contribution is -2.19. The van der Waals surface area contributed by atoms with E-state index in [9.17, 15) is 5.11 Å². The van der Waals surface area contributed by atoms with Gasteiger partial charge in [0, 0.05) is 17.3 Å². The Labute approximate surface area is 140 Å². The van der Waals surface area contributed by atoms with Gasteiger partial charge in [0.1, 0.15) is 0 Å². The van der Waals surface area contributed by atoms with Crippen molar-refractivity contribution in [2.24, 2.45) is 5.73 Å². The number of rotatable bonds is 4. The summed E-state index contributed by atoms with van der Waals surface area (Å²) in [5.41, 5.74) is 7.82. The van der Waals surface area contributed by atoms with Crippen molar-refractivity contribution in [2.45, 2.75) is 18.9 Å². The molecule has 20 heavy (non-hydrogen) atoms. The Hall–Kier alpha value is -0.100. The molecule has 1 aromatic carbocycles. The van der Waals surface area contributed by atoms with Gasteiger partial charge in [0.05, 0.1) is 19.9 Å². The van der Waals surface area contributed by atoms with Crippen molar-refractivity contribution in [1.29, 1.82) is 0 Å². The van der Waals surface area contributed by atoms with Gasteiger partial charge in [0.25, 0.3) is 0 Å². The molecular formula is C14H14BrCl2NOS. The Morgan fingerprint density at radius 3 is 2.50 bits per heavy atom. The van der Waals surface area contributed by atoms with E-state index in [1.807, 2.05) is 19.1 Å². The zero-order valence-corrected chi connectivity index (χ0v) is 14.7. The Kier molecular flexibility index (Phi) is 5.51. The number of nitrogens with two attached hydrogens (primary N) is 1. The molecule has 2 atom stereocenters. The van der Waals surface area contributed by atoms with E-state index in [0.717, 1.165) is 19.8 Å². The SMILES string of the molecule is Cc1cc(C(O)C(CN)c2ccc(Cl)c(Cl)c2)sc1Br. The van der Waals surface area contributed by atoms with Crippen molar-refractivity contribution in [3.63, 3.8) is 0 Å². The minimum atomic E-state index is -0.660. The van der Waals surface area contributed by atoms with Crippen LogP contribution in [0.15, 0.2) is 28.1 Å². The lowest BCUT2D eigenvalue weighted by molar-refractivity contribution is 0.151. The average molecular weight is 395 g/mol. The van der Waals surface area contributed by atoms with E-state index in [2.05, 4.69) is 15.9 Å². The van der Waals surface area contributed by atoms with Crippen LogP contribution in [0.25, 0.3) is 0 Å². The lowest BCUT2D eigenvalue weighted by Gasteiger charge is -2.21. The maximum Gasteiger partial charge on any atom is 0.0962 e. The molecule has 2 unspecified atom stereocenters. The minimum absolute atomic E-state index is 0.213. The fraction of sp³-hybridized carbons (Fsp3) is 0.286. The Bertz CT molecular complexity index is 598. The van der Waals surface area contributed by atoms with Gasteiger partial charge < -0.3 is 10.8 Å². The summed E-state index contributed by atoms with van der Waals surface area (Å²) in [5, 5.41) is 11.5. The number of halogens is 3. The third-order valence-corrected chi connectivity index (χ3v) is 6.12. The molecule has 0 fully saturated rings. The summed E-state index contributed by atoms with van der Waals surface area (Å²) in [5.74, 6) is -0.213. The van der Waals surface area contributed by atoms with Crippen molar-refractivity contribution in [3.05, 3.63) is 54.1 Å². The van der Waals surface area contributed by atoms with Crippen LogP contribution in [0.1, 0.15) is 28.0 Å². The minimum Gasteiger partial charge on any atom is -0.387 e. The molecule has 0 aliphatic rings. The molecule has 0 radical (unpaired) electrons. The molecule has 1 heterocycles. The third-order valence-electron chi connectivity index (χ3n) is 3.17. The first-order valence-electron chi connectivity index (χ1n) is 6.03. The topological polar surface area (TPSA) is 46.2 Å². The van der Waals surface area contributed by atoms with Crippen LogP contribution in [-0.4, -0.2) is 11.7 Å². The summed E-state index contributed by atoms with van der Waals surface area (Å²) in [6.07, 6.45) is -0.660. The molecule has 2 rings (SSSR count). The van der Waals surface area contributed by atoms with Gasteiger partial charge in [-0.1, -0.05) is 29.3 Å². The summed E-state index contributed by atoms with van der Waals surface area (Å²) < 4.78 is 1.02. The van der Waals surface area contributed by atoms with Crippen molar-refractivity contribution >= 4 is 50.5 Å². The second-order valence-corrected chi connectivity index (χ2v) is 7.78. The molecule has 2 aromatic rings. The fourth-order valence-corrected chi connectivity index (χ4v) is 3.95. The number of hydrogen-bond donors (Lipinski definition) is 2. The molecule has 0 amide bonds. The first kappa shape index (κ1) is 16.3. The molecule has 6 heteroatoms. The highest BCUT2D eigenvalue weighted by molar-refractivity contribution is 9.11. The van der Waals surface area contributed by atoms with Crippen LogP contribution < -0.4 is 5.73 Å². The summed E-state index contributed by atoms with van der Waals surface area (Å²) >= 11 is 16.9. The number of aryl methyl sites for hydroxylation is 1. The first-order valence-corrected chi connectivity index (χ1v) is 8.39. The van der Waals surface area contributed by atoms with Crippen molar-refractivity contribution in [3.8, 4) is 0 Å². The van der Waals surface area contributed by atoms with Gasteiger partial charge in [-0.15, -0.1) is 11.3 Å². The maximum absolute atomic E-state index is 10.6. The van der Waals surface area contributed by atoms with Gasteiger partial charge >= 0.3 is 0 Å². The highest BCUT2D eigenvalue weighted by Gasteiger charge is 2.24. The van der Waals surface area contributed by atoms with Gasteiger partial charge in [-0.2, -0.15) is 0 Å². The fourth-order valence-electron chi connectivity index (χ4n) is 2.02. The van der Waals surface area contributed by atoms with Crippen LogP contribution in [0.5, 0.6) is 0 Å². The Balaban J connectivity index is 2.33. The Morgan fingerprint density at radius 2 is 2.00 bits per heavy atom. The van der Waals surface area contributed by atoms with E-state index in [1.165, 1.54) is 11.3 Å². The molecule has 1 aromatic heterocycles. The smallest absolute Gasteiger partial charge is 0.0962 e. The molecule has 3 N–H and O–H groups in total. The molecule has 2 nitrogen and oxygen atoms in total. The molecular weight excluding hydrogens is 381 g/mol. The number of benzene rings is 1. The monoisotopic (exact) mass is 393 g/mol. The van der Waals surface area contributed by atoms with Gasteiger partial charge in [-0.05, 0) is 52.2 Å². The number of aliphatic hydroxyl groups is 1. The second kappa shape index (κ2) is 6.77. The largest absolute Gasteiger partial charge is 0.387 e. The van der Waals surface area contributed by atoms with E-state index >= 15 is 0 Å². The number of thiophene rings is 1. The van der Waals surface area contributed by atoms with E-state index in [1.54, 1.807) is 12.1 Å². The zero-order valence-electron chi connectivity index (χ0n) is 10.7. The van der Waals surface area contributed by atoms with E-state index in [-0.39, 0.29) is 5.92 Å². The molecule has 0 aliphatic heterocycles. The Morgan fingerprint density at radius 1 is 1.30 bits per heavy atom. The maximum atomic E-state index is 10.6. The standard InChI is InChI=1S/C14H14BrCl2NOS/c1-7-4-12(20-14(7)15)13(19)9(6-18)8-2-3-10(16)11(17)5-8/h2-5,9,13,19H,6,18H2,1H3. The predicted octanol–water partition coefficient (Wildman–Crippen LogP) is 4.90. The molecule has 0 spiro atoms. The van der Waals surface area contributed by atoms with Crippen LogP contribution in [0.3, 0.4) is 0 Å². The predicted molar refractivity (Wildman–Crippen MR) is 90.0 cm³/mol. The molecule has 0 saturated heterocycles. The van der Waals surface area contributed by atoms with Crippen molar-refractivity contribution in [2.75, 3.05) is 6.54 Å². The third kappa shape index (κ3) is 3.38. The van der Waals surface area contributed by atoms with Crippen LogP contribution in [-0.2, 0) is 0 Å². The molecule has 0 bridgehead atoms. The molecule has 0 aliphatic carbocycles. The highest BCUT2D eigenvalue weighted by Crippen LogP contribution is 2.38. The van der Waals surface area contributed by atoms with E-state index in [0.29, 0.717) is 16.6 Å². The molecule has 0 saturated carbocycles. The summed E-state index contributed by atoms with van der Waals surface area (Å²) in [7, 11) is 0. The van der Waals surface area contributed by atoms with Crippen LogP contribution in [0, 0.1) is 6.92 Å². The van der Waals surface area contributed by atoms with Gasteiger partial charge in [0.15, 0.2) is 0 Å². The zero-order chi connectivity index (χ0) is 14.9. The van der Waals surface area contributed by atoms with Crippen LogP contribution in [0.2, 0.25) is 10.0 Å². The normalized spacial score (nSPS) is 14.3. The summed E-state index contributed by atoms with van der Waals surface area (Å²) in [4.78, 5) is 0.885. The number of hydrogen-bond acceptors (Lipinski definition) is 3. The van der Waals surface area contributed by atoms with Gasteiger partial charge in [-0.25, -0.2) is 0 Å². The van der Waals surface area contributed by atoms with Gasteiger partial charge in [0.2, 0.25) is 0 Å². The number of aliphatic hydroxyl groups excluding tert-OH is 1. The van der Waals surface area contributed by atoms with Crippen LogP contribution >= 0.6 is 50.5 Å². The average Bonchev–Trinajstić information content (AvgIpc) is 2.74.